The van der Waals surface area contributed by atoms with Crippen LogP contribution in [0, 0.1) is 0 Å². The Kier molecular flexibility index (Phi) is 6.01. The van der Waals surface area contributed by atoms with E-state index in [-0.39, 0.29) is 11.9 Å². The first-order chi connectivity index (χ1) is 13.6. The lowest BCUT2D eigenvalue weighted by Gasteiger charge is -2.17. The lowest BCUT2D eigenvalue weighted by molar-refractivity contribution is 0.0526. The number of carbonyl (C=O) groups excluding carboxylic acids is 2. The van der Waals surface area contributed by atoms with Gasteiger partial charge in [-0.15, -0.1) is 0 Å². The number of ether oxygens (including phenoxy) is 1. The van der Waals surface area contributed by atoms with Crippen LogP contribution in [0.25, 0.3) is 0 Å². The number of benzene rings is 2. The molecule has 142 valence electrons. The lowest BCUT2D eigenvalue weighted by atomic mass is 10.2. The molecule has 0 radical (unpaired) electrons. The third-order valence-electron chi connectivity index (χ3n) is 4.13. The van der Waals surface area contributed by atoms with Crippen molar-refractivity contribution in [2.24, 2.45) is 0 Å². The number of hydrogen-bond donors (Lipinski definition) is 1. The molecule has 6 heteroatoms. The van der Waals surface area contributed by atoms with E-state index < -0.39 is 0 Å². The average molecular weight is 375 g/mol. The van der Waals surface area contributed by atoms with Crippen molar-refractivity contribution in [2.45, 2.75) is 6.92 Å². The van der Waals surface area contributed by atoms with Crippen LogP contribution in [0.15, 0.2) is 72.9 Å². The van der Waals surface area contributed by atoms with E-state index in [1.807, 2.05) is 30.3 Å². The normalized spacial score (nSPS) is 10.2. The SMILES string of the molecule is CCOC(=O)c1ccc(Nc2ccc(C(=O)N(C)c3ccccc3)cn2)cc1. The summed E-state index contributed by atoms with van der Waals surface area (Å²) in [5.41, 5.74) is 2.58. The highest BCUT2D eigenvalue weighted by Gasteiger charge is 2.13. The van der Waals surface area contributed by atoms with Crippen LogP contribution in [-0.4, -0.2) is 30.5 Å². The van der Waals surface area contributed by atoms with E-state index >= 15 is 0 Å². The molecule has 0 unspecified atom stereocenters. The fraction of sp³-hybridized carbons (Fsp3) is 0.136. The molecule has 0 fully saturated rings. The number of hydrogen-bond acceptors (Lipinski definition) is 5. The minimum atomic E-state index is -0.349. The first-order valence-corrected chi connectivity index (χ1v) is 8.92. The summed E-state index contributed by atoms with van der Waals surface area (Å²) in [6.07, 6.45) is 1.54. The number of para-hydroxylation sites is 1. The van der Waals surface area contributed by atoms with Crippen molar-refractivity contribution in [3.63, 3.8) is 0 Å². The van der Waals surface area contributed by atoms with Gasteiger partial charge in [0.2, 0.25) is 0 Å². The maximum atomic E-state index is 12.6. The van der Waals surface area contributed by atoms with E-state index in [0.717, 1.165) is 11.4 Å². The zero-order chi connectivity index (χ0) is 19.9. The van der Waals surface area contributed by atoms with Gasteiger partial charge in [0.25, 0.3) is 5.91 Å². The molecule has 3 rings (SSSR count). The number of rotatable bonds is 6. The van der Waals surface area contributed by atoms with Gasteiger partial charge in [-0.1, -0.05) is 18.2 Å². The standard InChI is InChI=1S/C22H21N3O3/c1-3-28-22(27)16-9-12-18(13-10-16)24-20-14-11-17(15-23-20)21(26)25(2)19-7-5-4-6-8-19/h4-15H,3H2,1-2H3,(H,23,24). The van der Waals surface area contributed by atoms with Crippen LogP contribution in [0.3, 0.4) is 0 Å². The summed E-state index contributed by atoms with van der Waals surface area (Å²) in [6, 6.07) is 19.8. The van der Waals surface area contributed by atoms with Gasteiger partial charge < -0.3 is 15.0 Å². The fourth-order valence-electron chi connectivity index (χ4n) is 2.61. The molecule has 1 amide bonds. The van der Waals surface area contributed by atoms with Crippen molar-refractivity contribution in [3.05, 3.63) is 84.1 Å². The van der Waals surface area contributed by atoms with Gasteiger partial charge in [-0.3, -0.25) is 4.79 Å². The van der Waals surface area contributed by atoms with E-state index in [4.69, 9.17) is 4.74 Å². The maximum Gasteiger partial charge on any atom is 0.338 e. The summed E-state index contributed by atoms with van der Waals surface area (Å²) >= 11 is 0. The van der Waals surface area contributed by atoms with Crippen LogP contribution in [0.1, 0.15) is 27.6 Å². The van der Waals surface area contributed by atoms with Crippen LogP contribution < -0.4 is 10.2 Å². The van der Waals surface area contributed by atoms with Crippen molar-refractivity contribution in [1.82, 2.24) is 4.98 Å². The highest BCUT2D eigenvalue weighted by atomic mass is 16.5. The molecule has 0 aliphatic heterocycles. The Morgan fingerprint density at radius 1 is 0.964 bits per heavy atom. The van der Waals surface area contributed by atoms with Gasteiger partial charge in [-0.25, -0.2) is 9.78 Å². The number of nitrogens with zero attached hydrogens (tertiary/aromatic N) is 2. The molecule has 3 aromatic rings. The molecule has 6 nitrogen and oxygen atoms in total. The fourth-order valence-corrected chi connectivity index (χ4v) is 2.61. The number of amides is 1. The zero-order valence-electron chi connectivity index (χ0n) is 15.8. The zero-order valence-corrected chi connectivity index (χ0v) is 15.8. The second-order valence-corrected chi connectivity index (χ2v) is 6.05. The summed E-state index contributed by atoms with van der Waals surface area (Å²) in [4.78, 5) is 30.2. The predicted molar refractivity (Wildman–Crippen MR) is 109 cm³/mol. The number of carbonyl (C=O) groups is 2. The molecular formula is C22H21N3O3. The number of pyridine rings is 1. The third kappa shape index (κ3) is 4.54. The Morgan fingerprint density at radius 3 is 2.25 bits per heavy atom. The van der Waals surface area contributed by atoms with Crippen molar-refractivity contribution in [3.8, 4) is 0 Å². The Bertz CT molecular complexity index is 939. The van der Waals surface area contributed by atoms with Gasteiger partial charge in [0.1, 0.15) is 5.82 Å². The third-order valence-corrected chi connectivity index (χ3v) is 4.13. The monoisotopic (exact) mass is 375 g/mol. The molecule has 1 N–H and O–H groups in total. The second kappa shape index (κ2) is 8.81. The molecule has 28 heavy (non-hydrogen) atoms. The van der Waals surface area contributed by atoms with Crippen molar-refractivity contribution < 1.29 is 14.3 Å². The predicted octanol–water partition coefficient (Wildman–Crippen LogP) is 4.28. The first-order valence-electron chi connectivity index (χ1n) is 8.92. The largest absolute Gasteiger partial charge is 0.462 e. The summed E-state index contributed by atoms with van der Waals surface area (Å²) < 4.78 is 4.97. The maximum absolute atomic E-state index is 12.6. The molecule has 1 aromatic heterocycles. The Balaban J connectivity index is 1.66. The molecule has 0 aliphatic rings. The van der Waals surface area contributed by atoms with E-state index in [9.17, 15) is 9.59 Å². The summed E-state index contributed by atoms with van der Waals surface area (Å²) in [6.45, 7) is 2.11. The van der Waals surface area contributed by atoms with E-state index in [1.165, 1.54) is 6.20 Å². The molecule has 0 saturated carbocycles. The van der Waals surface area contributed by atoms with Crippen molar-refractivity contribution >= 4 is 29.1 Å². The number of anilines is 3. The first kappa shape index (κ1) is 19.1. The highest BCUT2D eigenvalue weighted by molar-refractivity contribution is 6.05. The summed E-state index contributed by atoms with van der Waals surface area (Å²) in [7, 11) is 1.73. The van der Waals surface area contributed by atoms with Crippen LogP contribution >= 0.6 is 0 Å². The topological polar surface area (TPSA) is 71.5 Å². The Morgan fingerprint density at radius 2 is 1.64 bits per heavy atom. The summed E-state index contributed by atoms with van der Waals surface area (Å²) in [5.74, 6) is 0.115. The molecule has 0 atom stereocenters. The van der Waals surface area contributed by atoms with Crippen molar-refractivity contribution in [2.75, 3.05) is 23.9 Å². The minimum Gasteiger partial charge on any atom is -0.462 e. The Hall–Kier alpha value is -3.67. The molecule has 2 aromatic carbocycles. The number of esters is 1. The van der Waals surface area contributed by atoms with Gasteiger partial charge >= 0.3 is 5.97 Å². The molecule has 0 bridgehead atoms. The van der Waals surface area contributed by atoms with E-state index in [1.54, 1.807) is 55.3 Å². The number of aromatic nitrogens is 1. The molecule has 0 saturated heterocycles. The van der Waals surface area contributed by atoms with Gasteiger partial charge in [-0.2, -0.15) is 0 Å². The van der Waals surface area contributed by atoms with Crippen LogP contribution in [0.2, 0.25) is 0 Å². The highest BCUT2D eigenvalue weighted by Crippen LogP contribution is 2.18. The Labute approximate surface area is 163 Å². The molecule has 0 aliphatic carbocycles. The van der Waals surface area contributed by atoms with E-state index in [2.05, 4.69) is 10.3 Å². The van der Waals surface area contributed by atoms with Crippen molar-refractivity contribution in [1.29, 1.82) is 0 Å². The van der Waals surface area contributed by atoms with Gasteiger partial charge in [0.15, 0.2) is 0 Å². The van der Waals surface area contributed by atoms with Gasteiger partial charge in [0, 0.05) is 24.6 Å². The molecular weight excluding hydrogens is 354 g/mol. The van der Waals surface area contributed by atoms with Crippen LogP contribution in [0.5, 0.6) is 0 Å². The quantitative estimate of drug-likeness (QED) is 0.651. The average Bonchev–Trinajstić information content (AvgIpc) is 2.74. The molecule has 0 spiro atoms. The smallest absolute Gasteiger partial charge is 0.338 e. The van der Waals surface area contributed by atoms with Crippen LogP contribution in [0.4, 0.5) is 17.2 Å². The van der Waals surface area contributed by atoms with Gasteiger partial charge in [0.05, 0.1) is 17.7 Å². The van der Waals surface area contributed by atoms with Crippen LogP contribution in [-0.2, 0) is 4.74 Å². The number of nitrogens with one attached hydrogen (secondary N) is 1. The van der Waals surface area contributed by atoms with Gasteiger partial charge in [-0.05, 0) is 55.5 Å². The second-order valence-electron chi connectivity index (χ2n) is 6.05. The lowest BCUT2D eigenvalue weighted by Crippen LogP contribution is -2.26. The van der Waals surface area contributed by atoms with E-state index in [0.29, 0.717) is 23.6 Å². The summed E-state index contributed by atoms with van der Waals surface area (Å²) in [5, 5.41) is 3.14. The minimum absolute atomic E-state index is 0.135. The molecule has 1 heterocycles.